The van der Waals surface area contributed by atoms with Crippen molar-refractivity contribution < 1.29 is 23.8 Å². The SMILES string of the molecule is CC(C)(C)OC(N)=O.CCCOC(C)COC(=O)CC. The van der Waals surface area contributed by atoms with Crippen LogP contribution in [0.5, 0.6) is 0 Å². The van der Waals surface area contributed by atoms with Crippen LogP contribution in [0.1, 0.15) is 54.4 Å². The van der Waals surface area contributed by atoms with Crippen molar-refractivity contribution in [3.05, 3.63) is 0 Å². The Morgan fingerprint density at radius 1 is 1.20 bits per heavy atom. The highest BCUT2D eigenvalue weighted by Crippen LogP contribution is 2.04. The van der Waals surface area contributed by atoms with Gasteiger partial charge in [0.05, 0.1) is 6.10 Å². The maximum atomic E-state index is 10.7. The van der Waals surface area contributed by atoms with E-state index in [1.54, 1.807) is 27.7 Å². The molecule has 0 aliphatic rings. The van der Waals surface area contributed by atoms with Crippen molar-refractivity contribution in [2.45, 2.75) is 66.1 Å². The van der Waals surface area contributed by atoms with Crippen LogP contribution >= 0.6 is 0 Å². The Morgan fingerprint density at radius 2 is 1.75 bits per heavy atom. The lowest BCUT2D eigenvalue weighted by molar-refractivity contribution is -0.147. The molecule has 0 bridgehead atoms. The third-order valence-electron chi connectivity index (χ3n) is 1.78. The molecule has 6 heteroatoms. The van der Waals surface area contributed by atoms with Crippen LogP contribution in [0.15, 0.2) is 0 Å². The van der Waals surface area contributed by atoms with E-state index in [4.69, 9.17) is 15.2 Å². The standard InChI is InChI=1S/C9H18O3.C5H11NO2/c1-4-6-11-8(3)7-12-9(10)5-2;1-5(2,3)8-4(6)7/h8H,4-7H2,1-3H3;1-3H3,(H2,6,7). The molecule has 6 nitrogen and oxygen atoms in total. The van der Waals surface area contributed by atoms with Gasteiger partial charge in [-0.1, -0.05) is 13.8 Å². The molecule has 0 radical (unpaired) electrons. The third kappa shape index (κ3) is 19.0. The van der Waals surface area contributed by atoms with Crippen LogP contribution in [-0.2, 0) is 19.0 Å². The van der Waals surface area contributed by atoms with E-state index in [-0.39, 0.29) is 12.1 Å². The largest absolute Gasteiger partial charge is 0.463 e. The molecule has 1 amide bonds. The smallest absolute Gasteiger partial charge is 0.405 e. The molecule has 1 atom stereocenters. The average molecular weight is 291 g/mol. The number of hydrogen-bond donors (Lipinski definition) is 1. The summed E-state index contributed by atoms with van der Waals surface area (Å²) in [6.07, 6.45) is 0.713. The van der Waals surface area contributed by atoms with Gasteiger partial charge in [0.2, 0.25) is 0 Å². The number of ether oxygens (including phenoxy) is 3. The molecule has 0 saturated carbocycles. The van der Waals surface area contributed by atoms with Crippen LogP contribution < -0.4 is 5.73 Å². The first-order chi connectivity index (χ1) is 9.12. The Kier molecular flexibility index (Phi) is 12.1. The van der Waals surface area contributed by atoms with Crippen LogP contribution in [0, 0.1) is 0 Å². The first-order valence-corrected chi connectivity index (χ1v) is 6.88. The number of carbonyl (C=O) groups is 2. The van der Waals surface area contributed by atoms with E-state index < -0.39 is 11.7 Å². The van der Waals surface area contributed by atoms with Gasteiger partial charge in [-0.15, -0.1) is 0 Å². The summed E-state index contributed by atoms with van der Waals surface area (Å²) in [6.45, 7) is 12.1. The van der Waals surface area contributed by atoms with Gasteiger partial charge in [0.1, 0.15) is 12.2 Å². The molecule has 0 saturated heterocycles. The average Bonchev–Trinajstić information content (AvgIpc) is 2.30. The van der Waals surface area contributed by atoms with E-state index in [2.05, 4.69) is 4.74 Å². The van der Waals surface area contributed by atoms with Crippen molar-refractivity contribution in [2.24, 2.45) is 5.73 Å². The van der Waals surface area contributed by atoms with Crippen LogP contribution in [0.3, 0.4) is 0 Å². The fourth-order valence-corrected chi connectivity index (χ4v) is 0.981. The number of hydrogen-bond acceptors (Lipinski definition) is 5. The second kappa shape index (κ2) is 11.5. The van der Waals surface area contributed by atoms with Gasteiger partial charge in [0.15, 0.2) is 0 Å². The molecule has 0 heterocycles. The number of rotatable bonds is 6. The topological polar surface area (TPSA) is 87.8 Å². The third-order valence-corrected chi connectivity index (χ3v) is 1.78. The number of amides is 1. The van der Waals surface area contributed by atoms with Crippen molar-refractivity contribution in [1.82, 2.24) is 0 Å². The Hall–Kier alpha value is -1.30. The molecular weight excluding hydrogens is 262 g/mol. The molecule has 0 aromatic heterocycles. The van der Waals surface area contributed by atoms with Crippen LogP contribution in [0.4, 0.5) is 4.79 Å². The molecule has 0 aromatic carbocycles. The van der Waals surface area contributed by atoms with Crippen molar-refractivity contribution in [1.29, 1.82) is 0 Å². The number of esters is 1. The molecule has 20 heavy (non-hydrogen) atoms. The highest BCUT2D eigenvalue weighted by molar-refractivity contribution is 5.68. The zero-order valence-electron chi connectivity index (χ0n) is 13.5. The van der Waals surface area contributed by atoms with E-state index in [0.717, 1.165) is 13.0 Å². The number of carbonyl (C=O) groups excluding carboxylic acids is 2. The quantitative estimate of drug-likeness (QED) is 0.760. The summed E-state index contributed by atoms with van der Waals surface area (Å²) in [5.74, 6) is -0.165. The van der Waals surface area contributed by atoms with Gasteiger partial charge in [0, 0.05) is 13.0 Å². The first kappa shape index (κ1) is 21.0. The number of primary amides is 1. The van der Waals surface area contributed by atoms with E-state index in [9.17, 15) is 9.59 Å². The minimum atomic E-state index is -0.725. The van der Waals surface area contributed by atoms with Crippen molar-refractivity contribution in [3.63, 3.8) is 0 Å². The molecule has 0 fully saturated rings. The molecule has 0 aliphatic carbocycles. The molecule has 0 aromatic rings. The van der Waals surface area contributed by atoms with Gasteiger partial charge >= 0.3 is 12.1 Å². The predicted molar refractivity (Wildman–Crippen MR) is 77.4 cm³/mol. The normalized spacial score (nSPS) is 11.9. The van der Waals surface area contributed by atoms with Crippen LogP contribution in [0.25, 0.3) is 0 Å². The fourth-order valence-electron chi connectivity index (χ4n) is 0.981. The molecule has 120 valence electrons. The first-order valence-electron chi connectivity index (χ1n) is 6.88. The second-order valence-corrected chi connectivity index (χ2v) is 5.25. The van der Waals surface area contributed by atoms with E-state index in [0.29, 0.717) is 13.0 Å². The van der Waals surface area contributed by atoms with Crippen LogP contribution in [-0.4, -0.2) is 37.0 Å². The highest BCUT2D eigenvalue weighted by atomic mass is 16.6. The number of nitrogens with two attached hydrogens (primary N) is 1. The zero-order chi connectivity index (χ0) is 16.2. The summed E-state index contributed by atoms with van der Waals surface area (Å²) in [7, 11) is 0. The predicted octanol–water partition coefficient (Wildman–Crippen LogP) is 2.63. The lowest BCUT2D eigenvalue weighted by Crippen LogP contribution is -2.27. The summed E-state index contributed by atoms with van der Waals surface area (Å²) in [5, 5.41) is 0. The van der Waals surface area contributed by atoms with Crippen molar-refractivity contribution in [3.8, 4) is 0 Å². The molecule has 2 N–H and O–H groups in total. The van der Waals surface area contributed by atoms with E-state index >= 15 is 0 Å². The Labute approximate surface area is 121 Å². The lowest BCUT2D eigenvalue weighted by Gasteiger charge is -2.16. The van der Waals surface area contributed by atoms with Gasteiger partial charge in [-0.05, 0) is 34.1 Å². The Bertz CT molecular complexity index is 273. The molecule has 1 unspecified atom stereocenters. The van der Waals surface area contributed by atoms with Crippen molar-refractivity contribution >= 4 is 12.1 Å². The summed E-state index contributed by atoms with van der Waals surface area (Å²) in [5.41, 5.74) is 4.26. The van der Waals surface area contributed by atoms with E-state index in [1.807, 2.05) is 13.8 Å². The van der Waals surface area contributed by atoms with Gasteiger partial charge in [-0.2, -0.15) is 0 Å². The van der Waals surface area contributed by atoms with Gasteiger partial charge in [-0.3, -0.25) is 4.79 Å². The molecule has 0 rings (SSSR count). The maximum Gasteiger partial charge on any atom is 0.405 e. The fraction of sp³-hybridized carbons (Fsp3) is 0.857. The summed E-state index contributed by atoms with van der Waals surface area (Å²) in [6, 6.07) is 0. The monoisotopic (exact) mass is 291 g/mol. The zero-order valence-corrected chi connectivity index (χ0v) is 13.5. The highest BCUT2D eigenvalue weighted by Gasteiger charge is 2.12. The second-order valence-electron chi connectivity index (χ2n) is 5.25. The van der Waals surface area contributed by atoms with Crippen molar-refractivity contribution in [2.75, 3.05) is 13.2 Å². The minimum Gasteiger partial charge on any atom is -0.463 e. The minimum absolute atomic E-state index is 0.0143. The molecule has 0 spiro atoms. The molecule has 0 aliphatic heterocycles. The van der Waals surface area contributed by atoms with Crippen LogP contribution in [0.2, 0.25) is 0 Å². The maximum absolute atomic E-state index is 10.7. The van der Waals surface area contributed by atoms with E-state index in [1.165, 1.54) is 0 Å². The summed E-state index contributed by atoms with van der Waals surface area (Å²) in [4.78, 5) is 20.7. The van der Waals surface area contributed by atoms with Gasteiger partial charge in [-0.25, -0.2) is 4.79 Å². The molecular formula is C14H29NO5. The Balaban J connectivity index is 0. The Morgan fingerprint density at radius 3 is 2.05 bits per heavy atom. The summed E-state index contributed by atoms with van der Waals surface area (Å²) < 4.78 is 14.8. The van der Waals surface area contributed by atoms with Gasteiger partial charge < -0.3 is 19.9 Å². The summed E-state index contributed by atoms with van der Waals surface area (Å²) >= 11 is 0. The van der Waals surface area contributed by atoms with Gasteiger partial charge in [0.25, 0.3) is 0 Å². The lowest BCUT2D eigenvalue weighted by atomic mass is 10.2.